The molecule has 0 aliphatic carbocycles. The summed E-state index contributed by atoms with van der Waals surface area (Å²) in [6.07, 6.45) is 4.25. The number of hydrogen-bond acceptors (Lipinski definition) is 7. The van der Waals surface area contributed by atoms with Crippen LogP contribution in [-0.2, 0) is 6.42 Å². The highest BCUT2D eigenvalue weighted by Crippen LogP contribution is 2.35. The Morgan fingerprint density at radius 1 is 1.13 bits per heavy atom. The molecule has 1 aromatic carbocycles. The number of nitrogens with zero attached hydrogens (tertiary/aromatic N) is 4. The lowest BCUT2D eigenvalue weighted by molar-refractivity contribution is 0.159. The molecular weight excluding hydrogens is 396 g/mol. The van der Waals surface area contributed by atoms with Crippen molar-refractivity contribution in [3.05, 3.63) is 51.9 Å². The Balaban J connectivity index is 1.33. The van der Waals surface area contributed by atoms with E-state index in [2.05, 4.69) is 21.9 Å². The van der Waals surface area contributed by atoms with Gasteiger partial charge in [0.25, 0.3) is 5.56 Å². The summed E-state index contributed by atoms with van der Waals surface area (Å²) in [5.41, 5.74) is 2.63. The maximum Gasteiger partial charge on any atom is 0.274 e. The number of ether oxygens (including phenoxy) is 3. The van der Waals surface area contributed by atoms with Gasteiger partial charge in [-0.15, -0.1) is 5.10 Å². The zero-order valence-corrected chi connectivity index (χ0v) is 17.8. The molecule has 3 aromatic rings. The zero-order valence-electron chi connectivity index (χ0n) is 17.8. The van der Waals surface area contributed by atoms with Crippen LogP contribution in [0.4, 0.5) is 5.82 Å². The van der Waals surface area contributed by atoms with Crippen LogP contribution in [0.15, 0.2) is 35.3 Å². The summed E-state index contributed by atoms with van der Waals surface area (Å²) in [5.74, 6) is 3.18. The third-order valence-corrected chi connectivity index (χ3v) is 5.99. The smallest absolute Gasteiger partial charge is 0.274 e. The van der Waals surface area contributed by atoms with Crippen LogP contribution in [0.3, 0.4) is 0 Å². The molecule has 0 radical (unpaired) electrons. The summed E-state index contributed by atoms with van der Waals surface area (Å²) in [7, 11) is 0. The number of fused-ring (bicyclic) bond motifs is 2. The van der Waals surface area contributed by atoms with Crippen LogP contribution in [0.1, 0.15) is 30.9 Å². The molecule has 8 heteroatoms. The summed E-state index contributed by atoms with van der Waals surface area (Å²) < 4.78 is 18.9. The van der Waals surface area contributed by atoms with E-state index in [1.165, 1.54) is 10.6 Å². The Bertz CT molecular complexity index is 1170. The lowest BCUT2D eigenvalue weighted by Gasteiger charge is -2.34. The Morgan fingerprint density at radius 2 is 1.90 bits per heavy atom. The van der Waals surface area contributed by atoms with Gasteiger partial charge in [-0.2, -0.15) is 4.52 Å². The van der Waals surface area contributed by atoms with E-state index in [9.17, 15) is 4.79 Å². The Kier molecular flexibility index (Phi) is 5.13. The van der Waals surface area contributed by atoms with Gasteiger partial charge in [0.1, 0.15) is 25.1 Å². The summed E-state index contributed by atoms with van der Waals surface area (Å²) in [6, 6.07) is 7.19. The van der Waals surface area contributed by atoms with Crippen molar-refractivity contribution in [3.63, 3.8) is 0 Å². The lowest BCUT2D eigenvalue weighted by Crippen LogP contribution is -2.40. The predicted octanol–water partition coefficient (Wildman–Crippen LogP) is 2.78. The summed E-state index contributed by atoms with van der Waals surface area (Å²) in [4.78, 5) is 19.0. The first-order valence-corrected chi connectivity index (χ1v) is 10.8. The first-order valence-electron chi connectivity index (χ1n) is 10.8. The molecule has 8 nitrogen and oxygen atoms in total. The van der Waals surface area contributed by atoms with E-state index in [1.807, 2.05) is 25.1 Å². The summed E-state index contributed by atoms with van der Waals surface area (Å²) in [5, 5.41) is 4.68. The number of rotatable bonds is 4. The van der Waals surface area contributed by atoms with E-state index in [1.54, 1.807) is 6.20 Å². The van der Waals surface area contributed by atoms with Crippen molar-refractivity contribution in [2.24, 2.45) is 0 Å². The third kappa shape index (κ3) is 3.66. The topological polar surface area (TPSA) is 78.2 Å². The molecule has 4 heterocycles. The van der Waals surface area contributed by atoms with Gasteiger partial charge in [-0.25, -0.2) is 4.98 Å². The van der Waals surface area contributed by atoms with Crippen molar-refractivity contribution in [1.82, 2.24) is 14.6 Å². The summed E-state index contributed by atoms with van der Waals surface area (Å²) >= 11 is 0. The average molecular weight is 422 g/mol. The van der Waals surface area contributed by atoms with Gasteiger partial charge >= 0.3 is 0 Å². The highest BCUT2D eigenvalue weighted by atomic mass is 16.6. The minimum Gasteiger partial charge on any atom is -0.490 e. The van der Waals surface area contributed by atoms with Crippen molar-refractivity contribution >= 4 is 11.5 Å². The average Bonchev–Trinajstić information content (AvgIpc) is 2.80. The molecular formula is C23H26N4O4. The second kappa shape index (κ2) is 8.09. The van der Waals surface area contributed by atoms with Crippen LogP contribution >= 0.6 is 0 Å². The van der Waals surface area contributed by atoms with E-state index in [0.717, 1.165) is 66.5 Å². The molecule has 31 heavy (non-hydrogen) atoms. The molecule has 1 fully saturated rings. The van der Waals surface area contributed by atoms with Crippen LogP contribution in [0.5, 0.6) is 17.2 Å². The number of piperidine rings is 1. The van der Waals surface area contributed by atoms with Gasteiger partial charge in [0.05, 0.1) is 0 Å². The molecule has 0 atom stereocenters. The molecule has 5 rings (SSSR count). The molecule has 0 N–H and O–H groups in total. The van der Waals surface area contributed by atoms with E-state index >= 15 is 0 Å². The third-order valence-electron chi connectivity index (χ3n) is 5.99. The SMILES string of the molecule is CCc1c(N2CCC(Oc3ccc4c(c3)OCCO4)CC2)nn2c(=O)ccnc2c1C. The van der Waals surface area contributed by atoms with Gasteiger partial charge < -0.3 is 19.1 Å². The standard InChI is InChI=1S/C23H26N4O4/c1-3-18-15(2)22-24-9-6-21(28)27(22)25-23(18)26-10-7-16(8-11-26)31-17-4-5-19-20(14-17)30-13-12-29-19/h4-6,9,14,16H,3,7-8,10-13H2,1-2H3. The van der Waals surface area contributed by atoms with Crippen molar-refractivity contribution in [2.75, 3.05) is 31.2 Å². The van der Waals surface area contributed by atoms with Crippen LogP contribution in [0, 0.1) is 6.92 Å². The fraction of sp³-hybridized carbons (Fsp3) is 0.435. The van der Waals surface area contributed by atoms with E-state index < -0.39 is 0 Å². The number of benzene rings is 1. The summed E-state index contributed by atoms with van der Waals surface area (Å²) in [6.45, 7) is 6.90. The molecule has 2 aromatic heterocycles. The first kappa shape index (κ1) is 19.7. The fourth-order valence-electron chi connectivity index (χ4n) is 4.36. The number of aryl methyl sites for hydroxylation is 1. The minimum atomic E-state index is -0.158. The molecule has 0 bridgehead atoms. The van der Waals surface area contributed by atoms with Crippen molar-refractivity contribution < 1.29 is 14.2 Å². The zero-order chi connectivity index (χ0) is 21.4. The van der Waals surface area contributed by atoms with Crippen LogP contribution in [0.25, 0.3) is 5.65 Å². The molecule has 1 saturated heterocycles. The van der Waals surface area contributed by atoms with Crippen molar-refractivity contribution in [1.29, 1.82) is 0 Å². The van der Waals surface area contributed by atoms with Gasteiger partial charge in [-0.1, -0.05) is 6.92 Å². The van der Waals surface area contributed by atoms with E-state index in [0.29, 0.717) is 18.9 Å². The van der Waals surface area contributed by atoms with Crippen LogP contribution < -0.4 is 24.7 Å². The molecule has 2 aliphatic rings. The van der Waals surface area contributed by atoms with Crippen LogP contribution in [0.2, 0.25) is 0 Å². The van der Waals surface area contributed by atoms with Crippen molar-refractivity contribution in [2.45, 2.75) is 39.2 Å². The maximum atomic E-state index is 12.3. The Labute approximate surface area is 180 Å². The number of hydrogen-bond donors (Lipinski definition) is 0. The van der Waals surface area contributed by atoms with Gasteiger partial charge in [-0.3, -0.25) is 4.79 Å². The number of aromatic nitrogens is 3. The second-order valence-electron chi connectivity index (χ2n) is 7.91. The Morgan fingerprint density at radius 3 is 2.68 bits per heavy atom. The first-order chi connectivity index (χ1) is 15.1. The maximum absolute atomic E-state index is 12.3. The second-order valence-corrected chi connectivity index (χ2v) is 7.91. The van der Waals surface area contributed by atoms with Gasteiger partial charge in [0, 0.05) is 55.4 Å². The monoisotopic (exact) mass is 422 g/mol. The fourth-order valence-corrected chi connectivity index (χ4v) is 4.36. The van der Waals surface area contributed by atoms with Gasteiger partial charge in [0.2, 0.25) is 0 Å². The molecule has 0 saturated carbocycles. The minimum absolute atomic E-state index is 0.120. The van der Waals surface area contributed by atoms with Crippen molar-refractivity contribution in [3.8, 4) is 17.2 Å². The number of anilines is 1. The quantitative estimate of drug-likeness (QED) is 0.640. The van der Waals surface area contributed by atoms with Gasteiger partial charge in [0.15, 0.2) is 23.0 Å². The highest BCUT2D eigenvalue weighted by Gasteiger charge is 2.25. The van der Waals surface area contributed by atoms with E-state index in [4.69, 9.17) is 14.2 Å². The van der Waals surface area contributed by atoms with E-state index in [-0.39, 0.29) is 11.7 Å². The van der Waals surface area contributed by atoms with Gasteiger partial charge in [-0.05, 0) is 25.5 Å². The lowest BCUT2D eigenvalue weighted by atomic mass is 10.0. The Hall–Kier alpha value is -3.29. The largest absolute Gasteiger partial charge is 0.490 e. The van der Waals surface area contributed by atoms with Crippen LogP contribution in [-0.4, -0.2) is 47.0 Å². The molecule has 0 unspecified atom stereocenters. The highest BCUT2D eigenvalue weighted by molar-refractivity contribution is 5.59. The normalized spacial score (nSPS) is 16.5. The molecule has 0 amide bonds. The molecule has 2 aliphatic heterocycles. The molecule has 162 valence electrons. The predicted molar refractivity (Wildman–Crippen MR) is 117 cm³/mol. The molecule has 0 spiro atoms.